The summed E-state index contributed by atoms with van der Waals surface area (Å²) >= 11 is 0. The van der Waals surface area contributed by atoms with Crippen LogP contribution in [-0.4, -0.2) is 22.8 Å². The molecule has 1 aliphatic heterocycles. The normalized spacial score (nSPS) is 16.8. The summed E-state index contributed by atoms with van der Waals surface area (Å²) in [5, 5.41) is 0. The maximum atomic E-state index is 5.43. The lowest BCUT2D eigenvalue weighted by Crippen LogP contribution is -1.98. The van der Waals surface area contributed by atoms with Crippen molar-refractivity contribution in [2.24, 2.45) is 0 Å². The molecule has 1 fully saturated rings. The highest BCUT2D eigenvalue weighted by Crippen LogP contribution is 2.23. The van der Waals surface area contributed by atoms with Gasteiger partial charge in [0.15, 0.2) is 6.29 Å². The summed E-state index contributed by atoms with van der Waals surface area (Å²) in [6, 6.07) is 8.10. The highest BCUT2D eigenvalue weighted by molar-refractivity contribution is 5.35. The van der Waals surface area contributed by atoms with Crippen molar-refractivity contribution in [1.29, 1.82) is 0 Å². The lowest BCUT2D eigenvalue weighted by atomic mass is 10.2. The molecule has 2 aromatic rings. The van der Waals surface area contributed by atoms with E-state index in [9.17, 15) is 0 Å². The second-order valence-electron chi connectivity index (χ2n) is 3.63. The van der Waals surface area contributed by atoms with Gasteiger partial charge in [-0.05, 0) is 12.1 Å². The van der Waals surface area contributed by atoms with Gasteiger partial charge >= 0.3 is 0 Å². The molecular formula is C12H12N2O2. The average molecular weight is 216 g/mol. The number of imidazole rings is 1. The van der Waals surface area contributed by atoms with Crippen LogP contribution in [0.25, 0.3) is 5.69 Å². The molecular weight excluding hydrogens is 204 g/mol. The Balaban J connectivity index is 1.84. The van der Waals surface area contributed by atoms with Gasteiger partial charge in [0.05, 0.1) is 19.5 Å². The van der Waals surface area contributed by atoms with E-state index in [1.54, 1.807) is 12.5 Å². The summed E-state index contributed by atoms with van der Waals surface area (Å²) < 4.78 is 12.8. The van der Waals surface area contributed by atoms with Crippen LogP contribution in [0.3, 0.4) is 0 Å². The molecule has 0 spiro atoms. The minimum Gasteiger partial charge on any atom is -0.346 e. The number of hydrogen-bond donors (Lipinski definition) is 0. The van der Waals surface area contributed by atoms with Crippen molar-refractivity contribution in [3.8, 4) is 5.69 Å². The maximum Gasteiger partial charge on any atom is 0.184 e. The summed E-state index contributed by atoms with van der Waals surface area (Å²) in [6.07, 6.45) is 5.25. The third kappa shape index (κ3) is 1.73. The van der Waals surface area contributed by atoms with Crippen molar-refractivity contribution < 1.29 is 9.47 Å². The Morgan fingerprint density at radius 2 is 1.88 bits per heavy atom. The van der Waals surface area contributed by atoms with Gasteiger partial charge in [0.25, 0.3) is 0 Å². The molecule has 0 bridgehead atoms. The molecule has 1 aromatic carbocycles. The largest absolute Gasteiger partial charge is 0.346 e. The number of hydrogen-bond acceptors (Lipinski definition) is 3. The standard InChI is InChI=1S/C12H12N2O2/c1-3-11(14-6-5-13-9-14)4-2-10(1)12-15-7-8-16-12/h1-6,9,12H,7-8H2. The first-order chi connectivity index (χ1) is 7.93. The van der Waals surface area contributed by atoms with Gasteiger partial charge in [-0.3, -0.25) is 0 Å². The van der Waals surface area contributed by atoms with E-state index >= 15 is 0 Å². The van der Waals surface area contributed by atoms with Crippen LogP contribution in [0.1, 0.15) is 11.9 Å². The second kappa shape index (κ2) is 4.08. The zero-order chi connectivity index (χ0) is 10.8. The monoisotopic (exact) mass is 216 g/mol. The quantitative estimate of drug-likeness (QED) is 0.769. The van der Waals surface area contributed by atoms with Crippen molar-refractivity contribution in [2.75, 3.05) is 13.2 Å². The topological polar surface area (TPSA) is 36.3 Å². The van der Waals surface area contributed by atoms with Crippen LogP contribution in [0.2, 0.25) is 0 Å². The van der Waals surface area contributed by atoms with Gasteiger partial charge in [-0.1, -0.05) is 12.1 Å². The molecule has 0 amide bonds. The smallest absolute Gasteiger partial charge is 0.184 e. The van der Waals surface area contributed by atoms with Gasteiger partial charge in [-0.25, -0.2) is 4.98 Å². The van der Waals surface area contributed by atoms with E-state index in [1.165, 1.54) is 0 Å². The lowest BCUT2D eigenvalue weighted by molar-refractivity contribution is -0.0441. The summed E-state index contributed by atoms with van der Waals surface area (Å²) in [4.78, 5) is 4.01. The third-order valence-electron chi connectivity index (χ3n) is 2.59. The summed E-state index contributed by atoms with van der Waals surface area (Å²) in [6.45, 7) is 1.35. The Kier molecular flexibility index (Phi) is 2.44. The Hall–Kier alpha value is -1.65. The average Bonchev–Trinajstić information content (AvgIpc) is 3.03. The summed E-state index contributed by atoms with van der Waals surface area (Å²) in [5.41, 5.74) is 2.14. The first-order valence-corrected chi connectivity index (χ1v) is 5.25. The Bertz CT molecular complexity index is 444. The van der Waals surface area contributed by atoms with E-state index in [2.05, 4.69) is 4.98 Å². The molecule has 1 aromatic heterocycles. The van der Waals surface area contributed by atoms with Crippen molar-refractivity contribution in [1.82, 2.24) is 9.55 Å². The molecule has 0 N–H and O–H groups in total. The van der Waals surface area contributed by atoms with Crippen molar-refractivity contribution in [3.05, 3.63) is 48.5 Å². The van der Waals surface area contributed by atoms with Gasteiger partial charge in [0.2, 0.25) is 0 Å². The van der Waals surface area contributed by atoms with Crippen molar-refractivity contribution in [2.45, 2.75) is 6.29 Å². The molecule has 3 rings (SSSR count). The van der Waals surface area contributed by atoms with Crippen LogP contribution in [0.5, 0.6) is 0 Å². The SMILES string of the molecule is c1cn(-c2ccc(C3OCCO3)cc2)cn1. The van der Waals surface area contributed by atoms with Crippen LogP contribution in [0, 0.1) is 0 Å². The Morgan fingerprint density at radius 3 is 2.50 bits per heavy atom. The minimum atomic E-state index is -0.197. The van der Waals surface area contributed by atoms with Gasteiger partial charge in [-0.15, -0.1) is 0 Å². The molecule has 1 saturated heterocycles. The van der Waals surface area contributed by atoms with E-state index in [4.69, 9.17) is 9.47 Å². The van der Waals surface area contributed by atoms with E-state index in [-0.39, 0.29) is 6.29 Å². The van der Waals surface area contributed by atoms with Crippen molar-refractivity contribution in [3.63, 3.8) is 0 Å². The molecule has 0 saturated carbocycles. The lowest BCUT2D eigenvalue weighted by Gasteiger charge is -2.10. The van der Waals surface area contributed by atoms with Crippen molar-refractivity contribution >= 4 is 0 Å². The van der Waals surface area contributed by atoms with Crippen LogP contribution >= 0.6 is 0 Å². The molecule has 82 valence electrons. The first kappa shape index (κ1) is 9.57. The fourth-order valence-corrected chi connectivity index (χ4v) is 1.77. The molecule has 0 unspecified atom stereocenters. The van der Waals surface area contributed by atoms with Gasteiger partial charge in [0.1, 0.15) is 0 Å². The predicted molar refractivity (Wildman–Crippen MR) is 58.2 cm³/mol. The Morgan fingerprint density at radius 1 is 1.12 bits per heavy atom. The van der Waals surface area contributed by atoms with Crippen LogP contribution in [-0.2, 0) is 9.47 Å². The molecule has 0 aliphatic carbocycles. The second-order valence-corrected chi connectivity index (χ2v) is 3.63. The highest BCUT2D eigenvalue weighted by atomic mass is 16.7. The zero-order valence-corrected chi connectivity index (χ0v) is 8.74. The molecule has 0 radical (unpaired) electrons. The molecule has 4 heteroatoms. The maximum absolute atomic E-state index is 5.43. The minimum absolute atomic E-state index is 0.197. The molecule has 0 atom stereocenters. The summed E-state index contributed by atoms with van der Waals surface area (Å²) in [5.74, 6) is 0. The first-order valence-electron chi connectivity index (χ1n) is 5.25. The van der Waals surface area contributed by atoms with Crippen LogP contribution in [0.4, 0.5) is 0 Å². The molecule has 4 nitrogen and oxygen atoms in total. The van der Waals surface area contributed by atoms with Crippen LogP contribution < -0.4 is 0 Å². The van der Waals surface area contributed by atoms with Crippen LogP contribution in [0.15, 0.2) is 43.0 Å². The fraction of sp³-hybridized carbons (Fsp3) is 0.250. The number of aromatic nitrogens is 2. The van der Waals surface area contributed by atoms with Gasteiger partial charge in [-0.2, -0.15) is 0 Å². The number of ether oxygens (including phenoxy) is 2. The van der Waals surface area contributed by atoms with Gasteiger partial charge in [0, 0.05) is 23.6 Å². The van der Waals surface area contributed by atoms with E-state index < -0.39 is 0 Å². The Labute approximate surface area is 93.4 Å². The van der Waals surface area contributed by atoms with E-state index in [0.29, 0.717) is 13.2 Å². The predicted octanol–water partition coefficient (Wildman–Crippen LogP) is 1.92. The van der Waals surface area contributed by atoms with E-state index in [1.807, 2.05) is 35.0 Å². The number of rotatable bonds is 2. The molecule has 2 heterocycles. The zero-order valence-electron chi connectivity index (χ0n) is 8.74. The molecule has 1 aliphatic rings. The van der Waals surface area contributed by atoms with E-state index in [0.717, 1.165) is 11.3 Å². The number of nitrogens with zero attached hydrogens (tertiary/aromatic N) is 2. The highest BCUT2D eigenvalue weighted by Gasteiger charge is 2.17. The molecule has 16 heavy (non-hydrogen) atoms. The fourth-order valence-electron chi connectivity index (χ4n) is 1.77. The number of benzene rings is 1. The third-order valence-corrected chi connectivity index (χ3v) is 2.59. The summed E-state index contributed by atoms with van der Waals surface area (Å²) in [7, 11) is 0. The van der Waals surface area contributed by atoms with Gasteiger partial charge < -0.3 is 14.0 Å².